The molecule has 100 valence electrons. The maximum atomic E-state index is 12.9. The largest absolute Gasteiger partial charge is 0.292 e. The van der Waals surface area contributed by atoms with Crippen LogP contribution in [-0.2, 0) is 6.54 Å². The van der Waals surface area contributed by atoms with Crippen LogP contribution in [0, 0.1) is 5.82 Å². The summed E-state index contributed by atoms with van der Waals surface area (Å²) in [6.45, 7) is 4.25. The first-order chi connectivity index (χ1) is 8.97. The molecule has 0 radical (unpaired) electrons. The Morgan fingerprint density at radius 1 is 1.32 bits per heavy atom. The molecule has 1 aromatic carbocycles. The summed E-state index contributed by atoms with van der Waals surface area (Å²) in [5.41, 5.74) is 0.641. The van der Waals surface area contributed by atoms with E-state index in [-0.39, 0.29) is 22.4 Å². The molecule has 0 aliphatic carbocycles. The van der Waals surface area contributed by atoms with Crippen LogP contribution in [-0.4, -0.2) is 9.55 Å². The van der Waals surface area contributed by atoms with Crippen molar-refractivity contribution >= 4 is 11.6 Å². The van der Waals surface area contributed by atoms with Gasteiger partial charge in [0, 0.05) is 12.0 Å². The molecule has 0 spiro atoms. The van der Waals surface area contributed by atoms with Crippen LogP contribution in [0.5, 0.6) is 0 Å². The highest BCUT2D eigenvalue weighted by atomic mass is 35.5. The third kappa shape index (κ3) is 3.20. The third-order valence-corrected chi connectivity index (χ3v) is 2.97. The Labute approximate surface area is 115 Å². The van der Waals surface area contributed by atoms with Gasteiger partial charge in [-0.1, -0.05) is 37.6 Å². The minimum absolute atomic E-state index is 0.0758. The van der Waals surface area contributed by atoms with Gasteiger partial charge in [0.25, 0.3) is 5.56 Å². The van der Waals surface area contributed by atoms with Crippen LogP contribution >= 0.6 is 11.6 Å². The molecular weight excluding hydrogens is 267 g/mol. The SMILES string of the molecule is CC(C)c1nc(Cl)cc(=O)n1Cc1ccc(F)cc1. The highest BCUT2D eigenvalue weighted by molar-refractivity contribution is 6.29. The van der Waals surface area contributed by atoms with Crippen LogP contribution in [0.25, 0.3) is 0 Å². The highest BCUT2D eigenvalue weighted by Gasteiger charge is 2.11. The molecule has 0 amide bonds. The second-order valence-corrected chi connectivity index (χ2v) is 5.03. The van der Waals surface area contributed by atoms with Crippen LogP contribution in [0.1, 0.15) is 31.2 Å². The van der Waals surface area contributed by atoms with Crippen LogP contribution < -0.4 is 5.56 Å². The van der Waals surface area contributed by atoms with E-state index in [2.05, 4.69) is 4.98 Å². The van der Waals surface area contributed by atoms with E-state index >= 15 is 0 Å². The van der Waals surface area contributed by atoms with Crippen molar-refractivity contribution in [1.82, 2.24) is 9.55 Å². The third-order valence-electron chi connectivity index (χ3n) is 2.78. The predicted octanol–water partition coefficient (Wildman–Crippen LogP) is 3.21. The fourth-order valence-corrected chi connectivity index (χ4v) is 2.05. The zero-order chi connectivity index (χ0) is 14.0. The molecule has 0 unspecified atom stereocenters. The Balaban J connectivity index is 2.44. The molecule has 19 heavy (non-hydrogen) atoms. The van der Waals surface area contributed by atoms with Crippen LogP contribution in [0.4, 0.5) is 4.39 Å². The van der Waals surface area contributed by atoms with E-state index in [1.807, 2.05) is 13.8 Å². The predicted molar refractivity (Wildman–Crippen MR) is 73.1 cm³/mol. The first kappa shape index (κ1) is 13.7. The molecule has 1 heterocycles. The van der Waals surface area contributed by atoms with Gasteiger partial charge in [-0.25, -0.2) is 9.37 Å². The van der Waals surface area contributed by atoms with Gasteiger partial charge in [-0.2, -0.15) is 0 Å². The number of rotatable bonds is 3. The Bertz CT molecular complexity index is 635. The van der Waals surface area contributed by atoms with Gasteiger partial charge in [0.1, 0.15) is 16.8 Å². The van der Waals surface area contributed by atoms with Crippen LogP contribution in [0.3, 0.4) is 0 Å². The maximum absolute atomic E-state index is 12.9. The lowest BCUT2D eigenvalue weighted by Gasteiger charge is -2.14. The van der Waals surface area contributed by atoms with E-state index in [9.17, 15) is 9.18 Å². The van der Waals surface area contributed by atoms with E-state index in [0.717, 1.165) is 5.56 Å². The van der Waals surface area contributed by atoms with Crippen molar-refractivity contribution in [1.29, 1.82) is 0 Å². The minimum Gasteiger partial charge on any atom is -0.292 e. The molecule has 2 rings (SSSR count). The van der Waals surface area contributed by atoms with Gasteiger partial charge in [0.15, 0.2) is 0 Å². The van der Waals surface area contributed by atoms with Gasteiger partial charge in [-0.15, -0.1) is 0 Å². The lowest BCUT2D eigenvalue weighted by Crippen LogP contribution is -2.25. The van der Waals surface area contributed by atoms with Crippen molar-refractivity contribution in [2.24, 2.45) is 0 Å². The quantitative estimate of drug-likeness (QED) is 0.809. The standard InChI is InChI=1S/C14H14ClFN2O/c1-9(2)14-17-12(15)7-13(19)18(14)8-10-3-5-11(16)6-4-10/h3-7,9H,8H2,1-2H3. The van der Waals surface area contributed by atoms with Gasteiger partial charge in [0.05, 0.1) is 6.54 Å². The summed E-state index contributed by atoms with van der Waals surface area (Å²) in [6, 6.07) is 7.34. The molecule has 1 aromatic heterocycles. The molecule has 0 fully saturated rings. The molecule has 0 bridgehead atoms. The number of benzene rings is 1. The van der Waals surface area contributed by atoms with Crippen LogP contribution in [0.2, 0.25) is 5.15 Å². The highest BCUT2D eigenvalue weighted by Crippen LogP contribution is 2.14. The zero-order valence-electron chi connectivity index (χ0n) is 10.7. The normalized spacial score (nSPS) is 11.0. The maximum Gasteiger partial charge on any atom is 0.255 e. The summed E-state index contributed by atoms with van der Waals surface area (Å²) >= 11 is 5.82. The molecule has 0 aliphatic rings. The van der Waals surface area contributed by atoms with E-state index in [1.165, 1.54) is 18.2 Å². The first-order valence-corrected chi connectivity index (χ1v) is 6.37. The van der Waals surface area contributed by atoms with Gasteiger partial charge in [-0.05, 0) is 17.7 Å². The molecular formula is C14H14ClFN2O. The summed E-state index contributed by atoms with van der Waals surface area (Å²) in [6.07, 6.45) is 0. The van der Waals surface area contributed by atoms with Gasteiger partial charge in [-0.3, -0.25) is 9.36 Å². The monoisotopic (exact) mass is 280 g/mol. The van der Waals surface area contributed by atoms with Crippen LogP contribution in [0.15, 0.2) is 35.1 Å². The number of hydrogen-bond acceptors (Lipinski definition) is 2. The summed E-state index contributed by atoms with van der Waals surface area (Å²) in [7, 11) is 0. The second-order valence-electron chi connectivity index (χ2n) is 4.64. The number of halogens is 2. The second kappa shape index (κ2) is 5.53. The molecule has 0 aliphatic heterocycles. The Hall–Kier alpha value is -1.68. The Kier molecular flexibility index (Phi) is 4.00. The van der Waals surface area contributed by atoms with Crippen molar-refractivity contribution in [3.05, 3.63) is 63.0 Å². The van der Waals surface area contributed by atoms with Gasteiger partial charge < -0.3 is 0 Å². The van der Waals surface area contributed by atoms with E-state index in [4.69, 9.17) is 11.6 Å². The number of aromatic nitrogens is 2. The molecule has 3 nitrogen and oxygen atoms in total. The van der Waals surface area contributed by atoms with Crippen molar-refractivity contribution in [2.75, 3.05) is 0 Å². The molecule has 0 N–H and O–H groups in total. The number of hydrogen-bond donors (Lipinski definition) is 0. The number of nitrogens with zero attached hydrogens (tertiary/aromatic N) is 2. The summed E-state index contributed by atoms with van der Waals surface area (Å²) in [5.74, 6) is 0.406. The molecule has 0 atom stereocenters. The van der Waals surface area contributed by atoms with Gasteiger partial charge in [0.2, 0.25) is 0 Å². The van der Waals surface area contributed by atoms with E-state index in [0.29, 0.717) is 12.4 Å². The lowest BCUT2D eigenvalue weighted by atomic mass is 10.1. The first-order valence-electron chi connectivity index (χ1n) is 5.99. The molecule has 0 saturated heterocycles. The van der Waals surface area contributed by atoms with Crippen molar-refractivity contribution in [2.45, 2.75) is 26.3 Å². The smallest absolute Gasteiger partial charge is 0.255 e. The minimum atomic E-state index is -0.297. The summed E-state index contributed by atoms with van der Waals surface area (Å²) < 4.78 is 14.4. The van der Waals surface area contributed by atoms with Crippen molar-refractivity contribution in [3.63, 3.8) is 0 Å². The topological polar surface area (TPSA) is 34.9 Å². The van der Waals surface area contributed by atoms with Crippen molar-refractivity contribution < 1.29 is 4.39 Å². The molecule has 2 aromatic rings. The average Bonchev–Trinajstić information content (AvgIpc) is 2.34. The van der Waals surface area contributed by atoms with E-state index in [1.54, 1.807) is 16.7 Å². The lowest BCUT2D eigenvalue weighted by molar-refractivity contribution is 0.615. The molecule has 0 saturated carbocycles. The Morgan fingerprint density at radius 3 is 2.53 bits per heavy atom. The van der Waals surface area contributed by atoms with E-state index < -0.39 is 0 Å². The summed E-state index contributed by atoms with van der Waals surface area (Å²) in [5, 5.41) is 0.198. The zero-order valence-corrected chi connectivity index (χ0v) is 11.5. The fraction of sp³-hybridized carbons (Fsp3) is 0.286. The van der Waals surface area contributed by atoms with Crippen molar-refractivity contribution in [3.8, 4) is 0 Å². The van der Waals surface area contributed by atoms with Gasteiger partial charge >= 0.3 is 0 Å². The molecule has 5 heteroatoms. The summed E-state index contributed by atoms with van der Waals surface area (Å²) in [4.78, 5) is 16.2. The average molecular weight is 281 g/mol. The fourth-order valence-electron chi connectivity index (χ4n) is 1.87. The Morgan fingerprint density at radius 2 is 1.95 bits per heavy atom.